The largest absolute Gasteiger partial charge is 0.469 e. The van der Waals surface area contributed by atoms with Gasteiger partial charge in [-0.05, 0) is 56.7 Å². The van der Waals surface area contributed by atoms with Gasteiger partial charge in [0.15, 0.2) is 0 Å². The number of piperidine rings is 2. The summed E-state index contributed by atoms with van der Waals surface area (Å²) in [5, 5.41) is 6.55. The summed E-state index contributed by atoms with van der Waals surface area (Å²) in [4.78, 5) is 27.2. The number of carbonyl (C=O) groups excluding carboxylic acids is 2. The number of nitrogens with one attached hydrogen (secondary N) is 1. The van der Waals surface area contributed by atoms with Crippen LogP contribution < -0.4 is 15.7 Å². The Labute approximate surface area is 273 Å². The molecule has 8 heteroatoms. The van der Waals surface area contributed by atoms with Crippen LogP contribution in [0.2, 0.25) is 39.3 Å². The number of nitrogens with zero attached hydrogens (tertiary/aromatic N) is 1. The summed E-state index contributed by atoms with van der Waals surface area (Å²) in [7, 11) is 2.65. The number of carbonyl (C=O) groups is 2. The molecule has 2 aromatic rings. The fourth-order valence-electron chi connectivity index (χ4n) is 8.59. The van der Waals surface area contributed by atoms with Crippen molar-refractivity contribution in [2.75, 3.05) is 21.3 Å². The van der Waals surface area contributed by atoms with Crippen LogP contribution in [0.1, 0.15) is 61.5 Å². The molecule has 6 rings (SSSR count). The van der Waals surface area contributed by atoms with E-state index >= 15 is 0 Å². The van der Waals surface area contributed by atoms with Gasteiger partial charge in [-0.25, -0.2) is 0 Å². The second-order valence-electron chi connectivity index (χ2n) is 16.0. The third kappa shape index (κ3) is 7.19. The number of hydrogen-bond donors (Lipinski definition) is 1. The van der Waals surface area contributed by atoms with E-state index in [-0.39, 0.29) is 29.8 Å². The predicted octanol–water partition coefficient (Wildman–Crippen LogP) is 5.60. The summed E-state index contributed by atoms with van der Waals surface area (Å²) >= 11 is 0. The molecule has 4 saturated heterocycles. The molecule has 1 N–H and O–H groups in total. The van der Waals surface area contributed by atoms with E-state index in [1.54, 1.807) is 0 Å². The second kappa shape index (κ2) is 13.5. The van der Waals surface area contributed by atoms with Crippen LogP contribution in [-0.4, -0.2) is 78.4 Å². The summed E-state index contributed by atoms with van der Waals surface area (Å²) < 4.78 is 10.3. The Morgan fingerprint density at radius 3 is 1.67 bits per heavy atom. The zero-order valence-corrected chi connectivity index (χ0v) is 31.1. The zero-order valence-electron chi connectivity index (χ0n) is 29.1. The molecule has 4 aliphatic heterocycles. The van der Waals surface area contributed by atoms with Crippen LogP contribution in [0.4, 0.5) is 0 Å². The Kier molecular flexibility index (Phi) is 10.2. The van der Waals surface area contributed by atoms with E-state index in [0.29, 0.717) is 30.0 Å². The van der Waals surface area contributed by atoms with Crippen LogP contribution >= 0.6 is 0 Å². The first-order chi connectivity index (χ1) is 21.2. The monoisotopic (exact) mass is 648 g/mol. The van der Waals surface area contributed by atoms with E-state index in [9.17, 15) is 9.59 Å². The molecule has 246 valence electrons. The number of hydrogen-bond acceptors (Lipinski definition) is 6. The van der Waals surface area contributed by atoms with E-state index < -0.39 is 16.1 Å². The molecule has 6 nitrogen and oxygen atoms in total. The lowest BCUT2D eigenvalue weighted by Gasteiger charge is -2.41. The first-order valence-corrected chi connectivity index (χ1v) is 24.1. The highest BCUT2D eigenvalue weighted by Gasteiger charge is 2.50. The van der Waals surface area contributed by atoms with Crippen LogP contribution in [0.25, 0.3) is 0 Å². The highest BCUT2D eigenvalue weighted by atomic mass is 28.3. The van der Waals surface area contributed by atoms with Crippen molar-refractivity contribution in [1.82, 2.24) is 10.2 Å². The molecule has 0 aliphatic carbocycles. The van der Waals surface area contributed by atoms with Crippen LogP contribution in [0.5, 0.6) is 0 Å². The quantitative estimate of drug-likeness (QED) is 0.325. The summed E-state index contributed by atoms with van der Waals surface area (Å²) in [5.41, 5.74) is 2.61. The number of fused-ring (bicyclic) bond motifs is 4. The number of ether oxygens (including phenoxy) is 2. The molecule has 0 saturated carbocycles. The van der Waals surface area contributed by atoms with Gasteiger partial charge in [-0.1, -0.05) is 98.2 Å². The molecule has 4 aliphatic rings. The first kappa shape index (κ1) is 34.1. The van der Waals surface area contributed by atoms with Gasteiger partial charge in [0.1, 0.15) is 0 Å². The molecule has 8 atom stereocenters. The fraction of sp³-hybridized carbons (Fsp3) is 0.622. The van der Waals surface area contributed by atoms with Gasteiger partial charge in [-0.3, -0.25) is 14.5 Å². The molecule has 2 aromatic carbocycles. The normalized spacial score (nSPS) is 31.1. The Balaban J connectivity index is 0.000000178. The van der Waals surface area contributed by atoms with Crippen molar-refractivity contribution >= 4 is 38.5 Å². The van der Waals surface area contributed by atoms with Gasteiger partial charge in [-0.15, -0.1) is 0 Å². The fourth-order valence-corrected chi connectivity index (χ4v) is 10.9. The summed E-state index contributed by atoms with van der Waals surface area (Å²) in [5.74, 6) is 0.426. The van der Waals surface area contributed by atoms with Crippen LogP contribution in [-0.2, 0) is 19.1 Å². The zero-order chi connectivity index (χ0) is 32.7. The maximum atomic E-state index is 12.5. The first-order valence-electron chi connectivity index (χ1n) is 17.1. The molecule has 4 bridgehead atoms. The standard InChI is InChI=1S/C19H29NO2Si.C18H27NO2Si/c1-20-14-8-11-17(20)18(19(21)22-2)16(12-14)13-6-9-15(10-7-13)23(3,4)5;1-21-18(20)17-15(11-13-7-10-16(17)19-13)12-5-8-14(9-6-12)22(2,3)4/h6-7,9-10,14,16-18H,8,11-12H2,1-5H3;5-6,8-9,13,15-17,19H,7,10-11H2,1-4H3/t14-,16+,17+,18-;13-,15+,16+,17-/m00/s1. The summed E-state index contributed by atoms with van der Waals surface area (Å²) in [6.45, 7) is 14.2. The molecule has 45 heavy (non-hydrogen) atoms. The Morgan fingerprint density at radius 2 is 1.18 bits per heavy atom. The maximum absolute atomic E-state index is 12.5. The lowest BCUT2D eigenvalue weighted by atomic mass is 9.76. The molecular weight excluding hydrogens is 593 g/mol. The molecule has 4 heterocycles. The molecule has 0 amide bonds. The van der Waals surface area contributed by atoms with Crippen molar-refractivity contribution in [3.63, 3.8) is 0 Å². The SMILES string of the molecule is COC(=O)[C@H]1[C@@H](c2ccc([Si](C)(C)C)cc2)C[C@@H]2CC[C@H]1N2.COC(=O)[C@H]1[C@@H](c2ccc([Si](C)(C)C)cc2)C[C@@H]2CC[C@H]1N2C. The van der Waals surface area contributed by atoms with Crippen LogP contribution in [0.15, 0.2) is 48.5 Å². The number of rotatable bonds is 6. The van der Waals surface area contributed by atoms with Gasteiger partial charge < -0.3 is 14.8 Å². The molecular formula is C37H56N2O4Si2. The molecule has 4 fully saturated rings. The van der Waals surface area contributed by atoms with E-state index in [0.717, 1.165) is 25.7 Å². The van der Waals surface area contributed by atoms with Crippen molar-refractivity contribution in [2.24, 2.45) is 11.8 Å². The minimum atomic E-state index is -1.28. The lowest BCUT2D eigenvalue weighted by molar-refractivity contribution is -0.150. The third-order valence-corrected chi connectivity index (χ3v) is 15.4. The maximum Gasteiger partial charge on any atom is 0.310 e. The Hall–Kier alpha value is -2.27. The van der Waals surface area contributed by atoms with Gasteiger partial charge in [-0.2, -0.15) is 0 Å². The second-order valence-corrected chi connectivity index (χ2v) is 26.2. The van der Waals surface area contributed by atoms with Crippen molar-refractivity contribution in [1.29, 1.82) is 0 Å². The minimum Gasteiger partial charge on any atom is -0.469 e. The van der Waals surface area contributed by atoms with E-state index in [1.807, 2.05) is 0 Å². The minimum absolute atomic E-state index is 0.0264. The van der Waals surface area contributed by atoms with Gasteiger partial charge in [0.05, 0.1) is 42.2 Å². The van der Waals surface area contributed by atoms with Gasteiger partial charge in [0.2, 0.25) is 0 Å². The van der Waals surface area contributed by atoms with Gasteiger partial charge >= 0.3 is 11.9 Å². The highest BCUT2D eigenvalue weighted by Crippen LogP contribution is 2.46. The smallest absolute Gasteiger partial charge is 0.310 e. The molecule has 0 aromatic heterocycles. The Bertz CT molecular complexity index is 1330. The van der Waals surface area contributed by atoms with Gasteiger partial charge in [0.25, 0.3) is 0 Å². The van der Waals surface area contributed by atoms with E-state index in [1.165, 1.54) is 48.6 Å². The van der Waals surface area contributed by atoms with Crippen molar-refractivity contribution in [3.05, 3.63) is 59.7 Å². The molecule has 0 spiro atoms. The number of methoxy groups -OCH3 is 2. The topological polar surface area (TPSA) is 67.9 Å². The van der Waals surface area contributed by atoms with Crippen LogP contribution in [0.3, 0.4) is 0 Å². The van der Waals surface area contributed by atoms with Crippen molar-refractivity contribution in [2.45, 2.75) is 114 Å². The molecule has 0 unspecified atom stereocenters. The van der Waals surface area contributed by atoms with E-state index in [4.69, 9.17) is 9.47 Å². The van der Waals surface area contributed by atoms with Gasteiger partial charge in [0, 0.05) is 36.0 Å². The van der Waals surface area contributed by atoms with Crippen molar-refractivity contribution in [3.8, 4) is 0 Å². The average molecular weight is 649 g/mol. The third-order valence-electron chi connectivity index (χ3n) is 11.3. The summed E-state index contributed by atoms with van der Waals surface area (Å²) in [6.07, 6.45) is 6.71. The highest BCUT2D eigenvalue weighted by molar-refractivity contribution is 6.89. The average Bonchev–Trinajstić information content (AvgIpc) is 3.49. The van der Waals surface area contributed by atoms with Crippen LogP contribution in [0, 0.1) is 11.8 Å². The number of benzene rings is 2. The van der Waals surface area contributed by atoms with E-state index in [2.05, 4.69) is 105 Å². The summed E-state index contributed by atoms with van der Waals surface area (Å²) in [6, 6.07) is 20.0. The lowest BCUT2D eigenvalue weighted by Crippen LogP contribution is -2.49. The van der Waals surface area contributed by atoms with Crippen molar-refractivity contribution < 1.29 is 19.1 Å². The molecule has 0 radical (unpaired) electrons. The predicted molar refractivity (Wildman–Crippen MR) is 189 cm³/mol. The number of esters is 2. The Morgan fingerprint density at radius 1 is 0.689 bits per heavy atom.